The molecule has 6 heterocycles. The number of nitrogens with zero attached hydrogens (tertiary/aromatic N) is 6. The molecular weight excluding hydrogens is 1730 g/mol. The van der Waals surface area contributed by atoms with Crippen molar-refractivity contribution >= 4 is 140 Å². The van der Waals surface area contributed by atoms with Crippen LogP contribution in [0.4, 0.5) is 0 Å². The number of aromatic nitrogens is 4. The summed E-state index contributed by atoms with van der Waals surface area (Å²) in [7, 11) is 5.25. The van der Waals surface area contributed by atoms with E-state index in [9.17, 15) is 72.5 Å². The van der Waals surface area contributed by atoms with Gasteiger partial charge in [-0.25, -0.2) is 4.98 Å². The van der Waals surface area contributed by atoms with E-state index in [2.05, 4.69) is 73.1 Å². The molecule has 0 aliphatic carbocycles. The maximum Gasteiger partial charge on any atom is 0.246 e. The first-order valence-corrected chi connectivity index (χ1v) is 44.8. The van der Waals surface area contributed by atoms with Crippen molar-refractivity contribution in [1.82, 2.24) is 97.6 Å². The number of rotatable bonds is 24. The van der Waals surface area contributed by atoms with Gasteiger partial charge in [-0.05, 0) is 85.9 Å². The smallest absolute Gasteiger partial charge is 0.246 e. The number of aromatic hydroxyl groups is 1. The van der Waals surface area contributed by atoms with Crippen LogP contribution in [0.2, 0.25) is 0 Å². The first-order valence-electron chi connectivity index (χ1n) is 43.7. The van der Waals surface area contributed by atoms with Crippen LogP contribution in [-0.4, -0.2) is 318 Å². The zero-order chi connectivity index (χ0) is 96.3. The lowest BCUT2D eigenvalue weighted by molar-refractivity contribution is -0.149. The molecule has 3 fully saturated rings. The molecule has 9 rings (SSSR count). The molecule has 3 aromatic heterocycles. The molecule has 3 aliphatic heterocycles. The van der Waals surface area contributed by atoms with Crippen LogP contribution >= 0.6 is 11.8 Å². The molecule has 0 saturated carbocycles. The van der Waals surface area contributed by atoms with Crippen LogP contribution in [0.15, 0.2) is 97.7 Å². The highest BCUT2D eigenvalue weighted by Crippen LogP contribution is 2.28. The van der Waals surface area contributed by atoms with Crippen LogP contribution in [0.25, 0.3) is 21.8 Å². The summed E-state index contributed by atoms with van der Waals surface area (Å²) in [6, 6.07) is -0.493. The molecular formula is C88H120N22O21S. The average Bonchev–Trinajstić information content (AvgIpc) is 1.72. The van der Waals surface area contributed by atoms with E-state index in [1.165, 1.54) is 72.0 Å². The molecule has 132 heavy (non-hydrogen) atoms. The predicted molar refractivity (Wildman–Crippen MR) is 480 cm³/mol. The summed E-state index contributed by atoms with van der Waals surface area (Å²) >= 11 is 0.785. The van der Waals surface area contributed by atoms with Crippen LogP contribution < -0.4 is 70.4 Å². The molecule has 6 aromatic rings. The Morgan fingerprint density at radius 1 is 0.576 bits per heavy atom. The van der Waals surface area contributed by atoms with Gasteiger partial charge in [0.2, 0.25) is 106 Å². The number of likely N-dealkylation sites (N-methyl/N-ethyl adjacent to an activating group) is 3. The van der Waals surface area contributed by atoms with E-state index >= 15 is 24.0 Å². The zero-order valence-electron chi connectivity index (χ0n) is 74.9. The van der Waals surface area contributed by atoms with Gasteiger partial charge < -0.3 is 125 Å². The number of H-pyrrole nitrogens is 3. The second-order valence-electron chi connectivity index (χ2n) is 33.7. The van der Waals surface area contributed by atoms with Crippen molar-refractivity contribution in [2.45, 2.75) is 209 Å². The topological polar surface area (TPSA) is 632 Å². The molecule has 21 N–H and O–H groups in total. The van der Waals surface area contributed by atoms with Crippen molar-refractivity contribution < 1.29 is 101 Å². The number of phenolic OH excluding ortho intramolecular Hbond substituents is 1. The van der Waals surface area contributed by atoms with Gasteiger partial charge in [0.1, 0.15) is 84.3 Å². The number of aliphatic hydroxyl groups excluding tert-OH is 1. The van der Waals surface area contributed by atoms with Crippen molar-refractivity contribution in [1.29, 1.82) is 0 Å². The van der Waals surface area contributed by atoms with Gasteiger partial charge in [-0.15, -0.1) is 11.8 Å². The highest BCUT2D eigenvalue weighted by atomic mass is 32.2. The van der Waals surface area contributed by atoms with Gasteiger partial charge in [0, 0.05) is 139 Å². The lowest BCUT2D eigenvalue weighted by Gasteiger charge is -2.36. The summed E-state index contributed by atoms with van der Waals surface area (Å²) in [4.78, 5) is 279. The number of imidazole rings is 1. The minimum atomic E-state index is -1.80. The molecule has 714 valence electrons. The number of phenols is 1. The van der Waals surface area contributed by atoms with Gasteiger partial charge in [0.25, 0.3) is 0 Å². The van der Waals surface area contributed by atoms with Crippen LogP contribution in [0.5, 0.6) is 5.75 Å². The molecule has 0 spiro atoms. The number of carbonyl (C=O) groups excluding carboxylic acids is 18. The van der Waals surface area contributed by atoms with Crippen molar-refractivity contribution in [3.05, 3.63) is 120 Å². The van der Waals surface area contributed by atoms with Crippen LogP contribution in [0, 0.1) is 5.92 Å². The van der Waals surface area contributed by atoms with E-state index in [0.29, 0.717) is 51.3 Å². The highest BCUT2D eigenvalue weighted by Gasteiger charge is 2.46. The number of amides is 18. The fourth-order valence-corrected chi connectivity index (χ4v) is 17.0. The highest BCUT2D eigenvalue weighted by molar-refractivity contribution is 8.00. The number of aromatic amines is 3. The van der Waals surface area contributed by atoms with E-state index in [1.54, 1.807) is 74.8 Å². The third-order valence-corrected chi connectivity index (χ3v) is 24.4. The zero-order valence-corrected chi connectivity index (χ0v) is 75.7. The van der Waals surface area contributed by atoms with Crippen molar-refractivity contribution in [3.63, 3.8) is 0 Å². The van der Waals surface area contributed by atoms with Crippen molar-refractivity contribution in [2.75, 3.05) is 72.5 Å². The second-order valence-corrected chi connectivity index (χ2v) is 34.7. The Kier molecular flexibility index (Phi) is 37.5. The molecule has 18 amide bonds. The number of thioether (sulfide) groups is 1. The molecule has 0 radical (unpaired) electrons. The Bertz CT molecular complexity index is 5140. The van der Waals surface area contributed by atoms with Crippen LogP contribution in [0.3, 0.4) is 0 Å². The first-order chi connectivity index (χ1) is 62.8. The van der Waals surface area contributed by atoms with E-state index in [0.717, 1.165) is 36.3 Å². The van der Waals surface area contributed by atoms with Gasteiger partial charge in [-0.2, -0.15) is 0 Å². The number of unbranched alkanes of at least 4 members (excludes halogenated alkanes) is 1. The molecule has 0 unspecified atom stereocenters. The summed E-state index contributed by atoms with van der Waals surface area (Å²) in [5, 5.41) is 49.1. The molecule has 14 atom stereocenters. The fraction of sp³-hybridized carbons (Fsp3) is 0.511. The second kappa shape index (κ2) is 48.4. The molecule has 0 bridgehead atoms. The minimum absolute atomic E-state index is 0.0105. The van der Waals surface area contributed by atoms with Crippen molar-refractivity contribution in [2.24, 2.45) is 23.1 Å². The lowest BCUT2D eigenvalue weighted by Crippen LogP contribution is -2.60. The Hall–Kier alpha value is -13.5. The Labute approximate surface area is 765 Å². The largest absolute Gasteiger partial charge is 0.508 e. The summed E-state index contributed by atoms with van der Waals surface area (Å²) in [6.45, 7) is 4.25. The molecule has 3 aromatic carbocycles. The monoisotopic (exact) mass is 1850 g/mol. The van der Waals surface area contributed by atoms with E-state index in [4.69, 9.17) is 21.9 Å². The number of methoxy groups -OCH3 is 1. The Morgan fingerprint density at radius 2 is 1.15 bits per heavy atom. The van der Waals surface area contributed by atoms with Gasteiger partial charge in [0.05, 0.1) is 43.4 Å². The first kappa shape index (κ1) is 102. The van der Waals surface area contributed by atoms with Crippen LogP contribution in [0.1, 0.15) is 121 Å². The number of ether oxygens (including phenoxy) is 1. The number of carbonyl (C=O) groups is 18. The molecule has 3 saturated heterocycles. The maximum atomic E-state index is 15.5. The number of hydrogen-bond donors (Lipinski definition) is 18. The van der Waals surface area contributed by atoms with E-state index in [1.807, 2.05) is 6.92 Å². The van der Waals surface area contributed by atoms with E-state index < -0.39 is 254 Å². The van der Waals surface area contributed by atoms with Gasteiger partial charge in [-0.1, -0.05) is 82.1 Å². The number of aliphatic hydroxyl groups is 1. The number of benzene rings is 3. The number of nitrogens with one attached hydrogen (secondary N) is 13. The SMILES string of the molecule is CCCC[C@H]1C(=O)N[C@@H](CC(C)C)C(=O)N[C@H](C(=O)NCC(N)=O)CSCC(=O)N[C@@H](Cc2ccc(O)cc2)C(=O)N(C)[C@@H](C)C(=O)N[C@H](CC(N)=O)C(=O)N2CCC[C@H]2C(=O)N[C@@H](Cc2c[nH]cn2)C(=O)N[C@@H](CCC(N)=O)C(=O)N2C[C@H](O)C[C@H]2C(=O)N[C@@H](Cc2c[nH]c3ccccc23)C(=O)NCC(=O)N[C@@H](Cc2c[nH]c3ccccc23)C(=O)N(C)[C@@H](CCOC)C(=O)N1C. The summed E-state index contributed by atoms with van der Waals surface area (Å²) in [5.74, 6) is -18.4. The Balaban J connectivity index is 1.08. The minimum Gasteiger partial charge on any atom is -0.508 e. The molecule has 3 aliphatic rings. The van der Waals surface area contributed by atoms with E-state index in [-0.39, 0.29) is 81.9 Å². The number of hydrogen-bond acceptors (Lipinski definition) is 23. The predicted octanol–water partition coefficient (Wildman–Crippen LogP) is -3.44. The van der Waals surface area contributed by atoms with Gasteiger partial charge in [0.15, 0.2) is 0 Å². The maximum absolute atomic E-state index is 15.5. The third-order valence-electron chi connectivity index (χ3n) is 23.4. The molecule has 44 heteroatoms. The van der Waals surface area contributed by atoms with Crippen molar-refractivity contribution in [3.8, 4) is 5.75 Å². The number of primary amides is 3. The number of nitrogens with two attached hydrogens (primary N) is 3. The average molecular weight is 1850 g/mol. The fourth-order valence-electron chi connectivity index (χ4n) is 16.2. The number of fused-ring (bicyclic) bond motifs is 4. The van der Waals surface area contributed by atoms with Gasteiger partial charge >= 0.3 is 0 Å². The third kappa shape index (κ3) is 28.3. The normalized spacial score (nSPS) is 24.5. The molecule has 43 nitrogen and oxygen atoms in total. The quantitative estimate of drug-likeness (QED) is 0.0280. The number of para-hydroxylation sites is 2. The van der Waals surface area contributed by atoms with Crippen LogP contribution in [-0.2, 0) is 117 Å². The lowest BCUT2D eigenvalue weighted by atomic mass is 10.00. The summed E-state index contributed by atoms with van der Waals surface area (Å²) in [6.07, 6.45) is 1.73. The summed E-state index contributed by atoms with van der Waals surface area (Å²) in [5.41, 5.74) is 19.7. The Morgan fingerprint density at radius 3 is 1.77 bits per heavy atom. The standard InChI is InChI=1S/C88H120N22O21S/c1-9-10-20-67-81(123)101-60(31-47(2)3)79(121)105-66(78(120)95-41-73(91)115)44-132-45-75(117)99-63(32-49-22-24-53(111)25-23-49)84(126)106(5)48(4)76(118)104-65(37-72(90)114)87(129)109-29-15-21-68(109)82(124)103-62(35-52-40-92-46-97-52)80(122)100-59(26-27-71(89)113)86(128)110-43-54(112)36-70(110)83(125)102-61(33-50-38-93-57-18-13-11-16-55(50)57)77(119)96-42-74(116)98-64(34-51-39-94-58-19-14-12-17-56(51)58)85(127)108(7)69(28-30-131-8)88(130)107(67)6/h11-14,16-19,22-25,38-40,46-48,54,59-70,93-94,111-112H,9-10,15,20-21,26-37,41-45H2,1-8H3,(H2,89,113)(H2,90,114)(H2,91,115)(H,92,97)(H,95,120)(H,96,119)(H,98,116)(H,99,117)(H,100,122)(H,101,123)(H,102,125)(H,103,124)(H,104,118)(H,105,121)/t48-,54+,59-,60-,61-,62-,63-,64-,65+,66-,67-,68-,69-,70-/m0/s1. The summed E-state index contributed by atoms with van der Waals surface area (Å²) < 4.78 is 5.49. The van der Waals surface area contributed by atoms with Gasteiger partial charge in [-0.3, -0.25) is 86.3 Å².